The minimum Gasteiger partial charge on any atom is -0.454 e. The SMILES string of the molecule is S=C(NCc1ccc2c(c1)OCO2)NN=C1C2CC3CC(C2)CC1C3. The summed E-state index contributed by atoms with van der Waals surface area (Å²) in [4.78, 5) is 0. The van der Waals surface area contributed by atoms with Crippen LogP contribution in [0.5, 0.6) is 11.5 Å². The minimum atomic E-state index is 0.299. The van der Waals surface area contributed by atoms with Gasteiger partial charge in [-0.3, -0.25) is 5.43 Å². The molecule has 4 bridgehead atoms. The molecule has 0 spiro atoms. The number of rotatable bonds is 3. The van der Waals surface area contributed by atoms with Crippen LogP contribution in [0.2, 0.25) is 0 Å². The molecule has 1 aliphatic heterocycles. The van der Waals surface area contributed by atoms with Gasteiger partial charge in [-0.05, 0) is 85.7 Å². The molecule has 0 radical (unpaired) electrons. The van der Waals surface area contributed by atoms with E-state index in [-0.39, 0.29) is 0 Å². The van der Waals surface area contributed by atoms with Crippen molar-refractivity contribution in [2.24, 2.45) is 28.8 Å². The molecular weight excluding hydrogens is 334 g/mol. The van der Waals surface area contributed by atoms with Crippen molar-refractivity contribution < 1.29 is 9.47 Å². The molecule has 0 aromatic heterocycles. The average Bonchev–Trinajstić information content (AvgIpc) is 3.06. The molecule has 5 nitrogen and oxygen atoms in total. The molecular formula is C19H23N3O2S. The lowest BCUT2D eigenvalue weighted by Gasteiger charge is -2.50. The van der Waals surface area contributed by atoms with E-state index in [1.165, 1.54) is 37.8 Å². The molecule has 0 unspecified atom stereocenters. The molecule has 4 aliphatic carbocycles. The highest BCUT2D eigenvalue weighted by molar-refractivity contribution is 7.80. The quantitative estimate of drug-likeness (QED) is 0.643. The molecule has 2 N–H and O–H groups in total. The van der Waals surface area contributed by atoms with Gasteiger partial charge in [0, 0.05) is 12.3 Å². The fourth-order valence-electron chi connectivity index (χ4n) is 5.24. The van der Waals surface area contributed by atoms with Gasteiger partial charge in [0.05, 0.1) is 0 Å². The van der Waals surface area contributed by atoms with E-state index in [1.54, 1.807) is 0 Å². The van der Waals surface area contributed by atoms with Crippen LogP contribution in [0.15, 0.2) is 23.3 Å². The first-order valence-electron chi connectivity index (χ1n) is 9.24. The Bertz CT molecular complexity index is 703. The van der Waals surface area contributed by atoms with Crippen molar-refractivity contribution in [1.29, 1.82) is 0 Å². The Hall–Kier alpha value is -1.82. The van der Waals surface area contributed by atoms with Crippen molar-refractivity contribution in [3.05, 3.63) is 23.8 Å². The molecule has 0 saturated heterocycles. The van der Waals surface area contributed by atoms with Crippen LogP contribution in [0, 0.1) is 23.7 Å². The third kappa shape index (κ3) is 2.97. The van der Waals surface area contributed by atoms with Crippen LogP contribution in [-0.4, -0.2) is 17.6 Å². The lowest BCUT2D eigenvalue weighted by molar-refractivity contribution is 0.108. The average molecular weight is 357 g/mol. The molecule has 0 atom stereocenters. The van der Waals surface area contributed by atoms with E-state index in [0.717, 1.165) is 28.9 Å². The van der Waals surface area contributed by atoms with E-state index < -0.39 is 0 Å². The molecule has 132 valence electrons. The van der Waals surface area contributed by atoms with Crippen molar-refractivity contribution in [2.75, 3.05) is 6.79 Å². The van der Waals surface area contributed by atoms with Crippen molar-refractivity contribution in [3.63, 3.8) is 0 Å². The highest BCUT2D eigenvalue weighted by atomic mass is 32.1. The summed E-state index contributed by atoms with van der Waals surface area (Å²) in [7, 11) is 0. The van der Waals surface area contributed by atoms with Gasteiger partial charge in [0.15, 0.2) is 16.6 Å². The van der Waals surface area contributed by atoms with Crippen LogP contribution >= 0.6 is 12.2 Å². The molecule has 6 heteroatoms. The maximum Gasteiger partial charge on any atom is 0.231 e. The number of hydrogen-bond acceptors (Lipinski definition) is 4. The zero-order valence-corrected chi connectivity index (χ0v) is 15.0. The van der Waals surface area contributed by atoms with Gasteiger partial charge >= 0.3 is 0 Å². The smallest absolute Gasteiger partial charge is 0.231 e. The van der Waals surface area contributed by atoms with Crippen molar-refractivity contribution >= 4 is 23.0 Å². The minimum absolute atomic E-state index is 0.299. The summed E-state index contributed by atoms with van der Waals surface area (Å²) >= 11 is 5.40. The van der Waals surface area contributed by atoms with Crippen molar-refractivity contribution in [3.8, 4) is 11.5 Å². The molecule has 1 heterocycles. The number of hydrogen-bond donors (Lipinski definition) is 2. The van der Waals surface area contributed by atoms with Gasteiger partial charge in [0.1, 0.15) is 0 Å². The summed E-state index contributed by atoms with van der Waals surface area (Å²) in [6.45, 7) is 0.943. The van der Waals surface area contributed by atoms with E-state index in [0.29, 0.717) is 30.3 Å². The summed E-state index contributed by atoms with van der Waals surface area (Å²) in [6, 6.07) is 5.94. The van der Waals surface area contributed by atoms with E-state index in [2.05, 4.69) is 10.7 Å². The first-order chi connectivity index (χ1) is 12.2. The highest BCUT2D eigenvalue weighted by Gasteiger charge is 2.46. The molecule has 1 aromatic rings. The second-order valence-electron chi connectivity index (χ2n) is 7.82. The number of ether oxygens (including phenoxy) is 2. The normalized spacial score (nSPS) is 31.1. The monoisotopic (exact) mass is 357 g/mol. The van der Waals surface area contributed by atoms with Crippen LogP contribution in [0.1, 0.15) is 37.7 Å². The molecule has 4 saturated carbocycles. The van der Waals surface area contributed by atoms with E-state index in [9.17, 15) is 0 Å². The zero-order valence-electron chi connectivity index (χ0n) is 14.2. The Morgan fingerprint density at radius 3 is 2.52 bits per heavy atom. The third-order valence-corrected chi connectivity index (χ3v) is 6.39. The predicted molar refractivity (Wildman–Crippen MR) is 99.6 cm³/mol. The number of nitrogens with zero attached hydrogens (tertiary/aromatic N) is 1. The van der Waals surface area contributed by atoms with E-state index >= 15 is 0 Å². The summed E-state index contributed by atoms with van der Waals surface area (Å²) in [6.07, 6.45) is 6.81. The second kappa shape index (κ2) is 6.16. The largest absolute Gasteiger partial charge is 0.454 e. The molecule has 4 fully saturated rings. The number of benzene rings is 1. The van der Waals surface area contributed by atoms with Gasteiger partial charge in [-0.25, -0.2) is 0 Å². The van der Waals surface area contributed by atoms with E-state index in [1.807, 2.05) is 18.2 Å². The van der Waals surface area contributed by atoms with Crippen LogP contribution in [-0.2, 0) is 6.54 Å². The number of thiocarbonyl (C=S) groups is 1. The Balaban J connectivity index is 1.17. The van der Waals surface area contributed by atoms with E-state index in [4.69, 9.17) is 26.8 Å². The van der Waals surface area contributed by atoms with Gasteiger partial charge in [-0.2, -0.15) is 5.10 Å². The number of hydrazone groups is 1. The highest BCUT2D eigenvalue weighted by Crippen LogP contribution is 2.52. The fourth-order valence-corrected chi connectivity index (χ4v) is 5.36. The number of fused-ring (bicyclic) bond motifs is 1. The van der Waals surface area contributed by atoms with Gasteiger partial charge in [0.2, 0.25) is 6.79 Å². The van der Waals surface area contributed by atoms with Gasteiger partial charge < -0.3 is 14.8 Å². The van der Waals surface area contributed by atoms with Gasteiger partial charge in [-0.15, -0.1) is 0 Å². The molecule has 0 amide bonds. The lowest BCUT2D eigenvalue weighted by atomic mass is 9.55. The summed E-state index contributed by atoms with van der Waals surface area (Å²) in [5.41, 5.74) is 5.57. The van der Waals surface area contributed by atoms with Crippen LogP contribution in [0.3, 0.4) is 0 Å². The lowest BCUT2D eigenvalue weighted by Crippen LogP contribution is -2.46. The molecule has 25 heavy (non-hydrogen) atoms. The predicted octanol–water partition coefficient (Wildman–Crippen LogP) is 3.19. The van der Waals surface area contributed by atoms with Crippen LogP contribution in [0.4, 0.5) is 0 Å². The number of nitrogens with one attached hydrogen (secondary N) is 2. The zero-order chi connectivity index (χ0) is 16.8. The van der Waals surface area contributed by atoms with Crippen LogP contribution < -0.4 is 20.2 Å². The maximum absolute atomic E-state index is 5.41. The first-order valence-corrected chi connectivity index (χ1v) is 9.65. The second-order valence-corrected chi connectivity index (χ2v) is 8.23. The molecule has 1 aromatic carbocycles. The van der Waals surface area contributed by atoms with Crippen molar-refractivity contribution in [2.45, 2.75) is 38.6 Å². The Labute approximate surface area is 153 Å². The Morgan fingerprint density at radius 1 is 1.04 bits per heavy atom. The third-order valence-electron chi connectivity index (χ3n) is 6.15. The van der Waals surface area contributed by atoms with Gasteiger partial charge in [0.25, 0.3) is 0 Å². The Kier molecular flexibility index (Phi) is 3.81. The fraction of sp³-hybridized carbons (Fsp3) is 0.579. The van der Waals surface area contributed by atoms with Crippen LogP contribution in [0.25, 0.3) is 0 Å². The first kappa shape index (κ1) is 15.4. The van der Waals surface area contributed by atoms with Gasteiger partial charge in [-0.1, -0.05) is 6.07 Å². The maximum atomic E-state index is 5.41. The molecule has 5 aliphatic rings. The Morgan fingerprint density at radius 2 is 1.76 bits per heavy atom. The van der Waals surface area contributed by atoms with Crippen molar-refractivity contribution in [1.82, 2.24) is 10.7 Å². The topological polar surface area (TPSA) is 54.9 Å². The molecule has 6 rings (SSSR count). The summed E-state index contributed by atoms with van der Waals surface area (Å²) < 4.78 is 10.7. The summed E-state index contributed by atoms with van der Waals surface area (Å²) in [5.74, 6) is 4.90. The summed E-state index contributed by atoms with van der Waals surface area (Å²) in [5, 5.41) is 8.52. The standard InChI is InChI=1S/C19H23N3O2S/c25-19(20-9-11-1-2-16-17(8-11)24-10-23-16)22-21-18-14-4-12-3-13(6-14)7-15(18)5-12/h1-2,8,12-15H,3-7,9-10H2,(H2,20,22,25).